The van der Waals surface area contributed by atoms with Crippen LogP contribution in [0.3, 0.4) is 0 Å². The Balaban J connectivity index is 1.90. The minimum atomic E-state index is -0.348. The third-order valence-corrected chi connectivity index (χ3v) is 4.37. The maximum Gasteiger partial charge on any atom is 0.338 e. The van der Waals surface area contributed by atoms with E-state index >= 15 is 0 Å². The summed E-state index contributed by atoms with van der Waals surface area (Å²) in [4.78, 5) is 21.6. The fraction of sp³-hybridized carbons (Fsp3) is 0.136. The lowest BCUT2D eigenvalue weighted by Crippen LogP contribution is -2.09. The molecule has 0 aliphatic rings. The highest BCUT2D eigenvalue weighted by atomic mass is 16.5. The van der Waals surface area contributed by atoms with Gasteiger partial charge in [0, 0.05) is 18.3 Å². The molecule has 0 N–H and O–H groups in total. The molecule has 5 heteroatoms. The molecule has 0 saturated heterocycles. The van der Waals surface area contributed by atoms with E-state index < -0.39 is 0 Å². The van der Waals surface area contributed by atoms with Gasteiger partial charge in [-0.25, -0.2) is 14.8 Å². The number of carbonyl (C=O) groups excluding carboxylic acids is 1. The van der Waals surface area contributed by atoms with Gasteiger partial charge >= 0.3 is 5.97 Å². The van der Waals surface area contributed by atoms with Crippen LogP contribution in [-0.2, 0) is 11.3 Å². The molecule has 2 heterocycles. The molecular weight excluding hydrogens is 338 g/mol. The van der Waals surface area contributed by atoms with Gasteiger partial charge in [0.1, 0.15) is 5.82 Å². The molecule has 134 valence electrons. The lowest BCUT2D eigenvalue weighted by molar-refractivity contribution is 0.0527. The molecule has 4 rings (SSSR count). The summed E-state index contributed by atoms with van der Waals surface area (Å²) in [7, 11) is 0. The third-order valence-electron chi connectivity index (χ3n) is 4.37. The molecule has 2 aromatic heterocycles. The van der Waals surface area contributed by atoms with E-state index in [2.05, 4.69) is 21.7 Å². The first-order valence-electron chi connectivity index (χ1n) is 8.89. The zero-order valence-corrected chi connectivity index (χ0v) is 15.0. The van der Waals surface area contributed by atoms with Crippen LogP contribution in [0.1, 0.15) is 22.8 Å². The van der Waals surface area contributed by atoms with E-state index in [0.717, 1.165) is 16.6 Å². The number of benzene rings is 2. The maximum atomic E-state index is 12.4. The lowest BCUT2D eigenvalue weighted by atomic mass is 10.1. The summed E-state index contributed by atoms with van der Waals surface area (Å²) in [5, 5.41) is 0. The Morgan fingerprint density at radius 2 is 1.78 bits per heavy atom. The standard InChI is InChI=1S/C22H19N3O2/c1-2-27-22(26)18-12-7-6-11-17(18)21-24-20-19(13-8-14-23-20)25(21)15-16-9-4-3-5-10-16/h3-14H,2,15H2,1H3. The smallest absolute Gasteiger partial charge is 0.338 e. The summed E-state index contributed by atoms with van der Waals surface area (Å²) >= 11 is 0. The molecule has 0 aliphatic heterocycles. The summed E-state index contributed by atoms with van der Waals surface area (Å²) in [6.07, 6.45) is 1.73. The zero-order chi connectivity index (χ0) is 18.6. The predicted molar refractivity (Wildman–Crippen MR) is 104 cm³/mol. The molecule has 0 fully saturated rings. The number of rotatable bonds is 5. The van der Waals surface area contributed by atoms with Crippen LogP contribution in [-0.4, -0.2) is 27.1 Å². The number of ether oxygens (including phenoxy) is 1. The molecule has 0 aliphatic carbocycles. The van der Waals surface area contributed by atoms with Crippen molar-refractivity contribution >= 4 is 17.1 Å². The molecule has 0 unspecified atom stereocenters. The van der Waals surface area contributed by atoms with Crippen molar-refractivity contribution in [3.63, 3.8) is 0 Å². The molecule has 0 bridgehead atoms. The van der Waals surface area contributed by atoms with Gasteiger partial charge in [0.2, 0.25) is 0 Å². The summed E-state index contributed by atoms with van der Waals surface area (Å²) in [5.74, 6) is 0.357. The van der Waals surface area contributed by atoms with Gasteiger partial charge in [-0.2, -0.15) is 0 Å². The van der Waals surface area contributed by atoms with Crippen LogP contribution in [0.25, 0.3) is 22.6 Å². The van der Waals surface area contributed by atoms with E-state index in [4.69, 9.17) is 9.72 Å². The Kier molecular flexibility index (Phi) is 4.66. The Bertz CT molecular complexity index is 1090. The minimum absolute atomic E-state index is 0.329. The molecule has 0 radical (unpaired) electrons. The van der Waals surface area contributed by atoms with Crippen LogP contribution in [0.4, 0.5) is 0 Å². The van der Waals surface area contributed by atoms with Gasteiger partial charge in [0.25, 0.3) is 0 Å². The predicted octanol–water partition coefficient (Wildman–Crippen LogP) is 4.32. The van der Waals surface area contributed by atoms with Crippen molar-refractivity contribution in [1.82, 2.24) is 14.5 Å². The van der Waals surface area contributed by atoms with Gasteiger partial charge in [-0.1, -0.05) is 48.5 Å². The molecule has 5 nitrogen and oxygen atoms in total. The average Bonchev–Trinajstić information content (AvgIpc) is 3.07. The quantitative estimate of drug-likeness (QED) is 0.499. The Morgan fingerprint density at radius 3 is 2.59 bits per heavy atom. The van der Waals surface area contributed by atoms with Gasteiger partial charge in [-0.15, -0.1) is 0 Å². The average molecular weight is 357 g/mol. The van der Waals surface area contributed by atoms with Crippen molar-refractivity contribution in [3.05, 3.63) is 84.1 Å². The van der Waals surface area contributed by atoms with Gasteiger partial charge in [-0.3, -0.25) is 0 Å². The number of nitrogens with zero attached hydrogens (tertiary/aromatic N) is 3. The molecule has 0 saturated carbocycles. The van der Waals surface area contributed by atoms with Crippen LogP contribution in [0.15, 0.2) is 72.9 Å². The first-order valence-corrected chi connectivity index (χ1v) is 8.89. The van der Waals surface area contributed by atoms with E-state index in [1.165, 1.54) is 0 Å². The summed E-state index contributed by atoms with van der Waals surface area (Å²) < 4.78 is 7.32. The third kappa shape index (κ3) is 3.31. The van der Waals surface area contributed by atoms with Crippen molar-refractivity contribution < 1.29 is 9.53 Å². The molecule has 2 aromatic carbocycles. The Morgan fingerprint density at radius 1 is 1.00 bits per heavy atom. The van der Waals surface area contributed by atoms with E-state index in [1.807, 2.05) is 48.5 Å². The monoisotopic (exact) mass is 357 g/mol. The van der Waals surface area contributed by atoms with Crippen LogP contribution in [0, 0.1) is 0 Å². The minimum Gasteiger partial charge on any atom is -0.462 e. The molecule has 0 atom stereocenters. The summed E-state index contributed by atoms with van der Waals surface area (Å²) in [6, 6.07) is 21.5. The van der Waals surface area contributed by atoms with Gasteiger partial charge in [-0.05, 0) is 30.7 Å². The van der Waals surface area contributed by atoms with Crippen molar-refractivity contribution in [3.8, 4) is 11.4 Å². The van der Waals surface area contributed by atoms with Crippen molar-refractivity contribution in [2.24, 2.45) is 0 Å². The number of aromatic nitrogens is 3. The van der Waals surface area contributed by atoms with Crippen LogP contribution < -0.4 is 0 Å². The van der Waals surface area contributed by atoms with Gasteiger partial charge < -0.3 is 9.30 Å². The second kappa shape index (κ2) is 7.41. The van der Waals surface area contributed by atoms with Crippen molar-refractivity contribution in [1.29, 1.82) is 0 Å². The SMILES string of the molecule is CCOC(=O)c1ccccc1-c1nc2ncccc2n1Cc1ccccc1. The number of esters is 1. The van der Waals surface area contributed by atoms with Crippen LogP contribution in [0.5, 0.6) is 0 Å². The first-order chi connectivity index (χ1) is 13.3. The molecule has 4 aromatic rings. The second-order valence-electron chi connectivity index (χ2n) is 6.12. The number of imidazole rings is 1. The van der Waals surface area contributed by atoms with Gasteiger partial charge in [0.05, 0.1) is 17.7 Å². The molecule has 0 amide bonds. The molecule has 27 heavy (non-hydrogen) atoms. The van der Waals surface area contributed by atoms with E-state index in [9.17, 15) is 4.79 Å². The van der Waals surface area contributed by atoms with Gasteiger partial charge in [0.15, 0.2) is 5.65 Å². The number of pyridine rings is 1. The number of hydrogen-bond acceptors (Lipinski definition) is 4. The summed E-state index contributed by atoms with van der Waals surface area (Å²) in [5.41, 5.74) is 3.97. The topological polar surface area (TPSA) is 57.0 Å². The van der Waals surface area contributed by atoms with E-state index in [-0.39, 0.29) is 5.97 Å². The highest BCUT2D eigenvalue weighted by molar-refractivity contribution is 5.97. The summed E-state index contributed by atoms with van der Waals surface area (Å²) in [6.45, 7) is 2.76. The number of carbonyl (C=O) groups is 1. The fourth-order valence-corrected chi connectivity index (χ4v) is 3.16. The van der Waals surface area contributed by atoms with Crippen LogP contribution in [0.2, 0.25) is 0 Å². The van der Waals surface area contributed by atoms with E-state index in [0.29, 0.717) is 30.2 Å². The normalized spacial score (nSPS) is 10.9. The van der Waals surface area contributed by atoms with Crippen LogP contribution >= 0.6 is 0 Å². The van der Waals surface area contributed by atoms with E-state index in [1.54, 1.807) is 19.2 Å². The second-order valence-corrected chi connectivity index (χ2v) is 6.12. The number of hydrogen-bond donors (Lipinski definition) is 0. The fourth-order valence-electron chi connectivity index (χ4n) is 3.16. The largest absolute Gasteiger partial charge is 0.462 e. The Hall–Kier alpha value is -3.47. The highest BCUT2D eigenvalue weighted by Gasteiger charge is 2.20. The maximum absolute atomic E-state index is 12.4. The lowest BCUT2D eigenvalue weighted by Gasteiger charge is -2.12. The van der Waals surface area contributed by atoms with Crippen molar-refractivity contribution in [2.75, 3.05) is 6.61 Å². The zero-order valence-electron chi connectivity index (χ0n) is 15.0. The highest BCUT2D eigenvalue weighted by Crippen LogP contribution is 2.28. The molecular formula is C22H19N3O2. The first kappa shape index (κ1) is 17.0. The van der Waals surface area contributed by atoms with Crippen molar-refractivity contribution in [2.45, 2.75) is 13.5 Å². The molecule has 0 spiro atoms. The number of fused-ring (bicyclic) bond motifs is 1. The Labute approximate surface area is 157 Å².